The average Bonchev–Trinajstić information content (AvgIpc) is 3.12. The fourth-order valence-electron chi connectivity index (χ4n) is 3.37. The molecule has 1 aliphatic heterocycles. The minimum atomic E-state index is -0.0668. The van der Waals surface area contributed by atoms with Crippen LogP contribution in [0.3, 0.4) is 0 Å². The highest BCUT2D eigenvalue weighted by atomic mass is 32.2. The summed E-state index contributed by atoms with van der Waals surface area (Å²) in [5.74, 6) is 0.311. The lowest BCUT2D eigenvalue weighted by Gasteiger charge is -2.35. The van der Waals surface area contributed by atoms with Crippen LogP contribution in [0.4, 0.5) is 5.69 Å². The van der Waals surface area contributed by atoms with Crippen LogP contribution in [0.15, 0.2) is 45.7 Å². The average molecular weight is 386 g/mol. The molecule has 3 aromatic rings. The Labute approximate surface area is 159 Å². The van der Waals surface area contributed by atoms with E-state index in [4.69, 9.17) is 0 Å². The molecule has 5 nitrogen and oxygen atoms in total. The van der Waals surface area contributed by atoms with Crippen molar-refractivity contribution in [3.63, 3.8) is 0 Å². The Bertz CT molecular complexity index is 1040. The SMILES string of the molecule is C[C@H]1CCc2ccccc2N1C(=O)CSc1nc2sccc2c(=O)n1C. The van der Waals surface area contributed by atoms with Crippen LogP contribution in [0.25, 0.3) is 10.2 Å². The molecular weight excluding hydrogens is 366 g/mol. The summed E-state index contributed by atoms with van der Waals surface area (Å²) in [7, 11) is 1.71. The second-order valence-corrected chi connectivity index (χ2v) is 8.30. The fourth-order valence-corrected chi connectivity index (χ4v) is 5.01. The molecule has 0 bridgehead atoms. The Kier molecular flexibility index (Phi) is 4.58. The van der Waals surface area contributed by atoms with Crippen LogP contribution in [0.5, 0.6) is 0 Å². The number of rotatable bonds is 3. The van der Waals surface area contributed by atoms with E-state index in [1.807, 2.05) is 28.5 Å². The van der Waals surface area contributed by atoms with Gasteiger partial charge < -0.3 is 4.90 Å². The predicted molar refractivity (Wildman–Crippen MR) is 107 cm³/mol. The highest BCUT2D eigenvalue weighted by molar-refractivity contribution is 7.99. The first-order valence-electron chi connectivity index (χ1n) is 8.53. The number of aromatic nitrogens is 2. The molecule has 0 spiro atoms. The number of carbonyl (C=O) groups excluding carboxylic acids is 1. The number of amides is 1. The summed E-state index contributed by atoms with van der Waals surface area (Å²) in [6.45, 7) is 2.09. The Morgan fingerprint density at radius 3 is 3.00 bits per heavy atom. The molecule has 0 unspecified atom stereocenters. The van der Waals surface area contributed by atoms with Crippen molar-refractivity contribution in [2.24, 2.45) is 7.05 Å². The van der Waals surface area contributed by atoms with Gasteiger partial charge in [0.15, 0.2) is 5.16 Å². The Hall–Kier alpha value is -2.12. The summed E-state index contributed by atoms with van der Waals surface area (Å²) in [4.78, 5) is 32.5. The minimum absolute atomic E-state index is 0.0511. The molecule has 134 valence electrons. The summed E-state index contributed by atoms with van der Waals surface area (Å²) >= 11 is 2.77. The molecule has 0 radical (unpaired) electrons. The van der Waals surface area contributed by atoms with Gasteiger partial charge >= 0.3 is 0 Å². The number of benzene rings is 1. The van der Waals surface area contributed by atoms with E-state index >= 15 is 0 Å². The number of para-hydroxylation sites is 1. The summed E-state index contributed by atoms with van der Waals surface area (Å²) in [5, 5.41) is 3.08. The van der Waals surface area contributed by atoms with Crippen LogP contribution in [-0.2, 0) is 18.3 Å². The normalized spacial score (nSPS) is 16.7. The zero-order valence-electron chi connectivity index (χ0n) is 14.6. The highest BCUT2D eigenvalue weighted by Gasteiger charge is 2.28. The lowest BCUT2D eigenvalue weighted by molar-refractivity contribution is -0.116. The van der Waals surface area contributed by atoms with Gasteiger partial charge in [-0.2, -0.15) is 0 Å². The molecule has 7 heteroatoms. The van der Waals surface area contributed by atoms with Crippen LogP contribution in [0.1, 0.15) is 18.9 Å². The Balaban J connectivity index is 1.58. The summed E-state index contributed by atoms with van der Waals surface area (Å²) in [5.41, 5.74) is 2.16. The third kappa shape index (κ3) is 2.95. The molecule has 0 saturated carbocycles. The van der Waals surface area contributed by atoms with E-state index in [-0.39, 0.29) is 23.3 Å². The van der Waals surface area contributed by atoms with Crippen LogP contribution in [0.2, 0.25) is 0 Å². The van der Waals surface area contributed by atoms with E-state index in [9.17, 15) is 9.59 Å². The van der Waals surface area contributed by atoms with Crippen molar-refractivity contribution in [2.75, 3.05) is 10.7 Å². The fraction of sp³-hybridized carbons (Fsp3) is 0.316. The third-order valence-electron chi connectivity index (χ3n) is 4.78. The van der Waals surface area contributed by atoms with E-state index < -0.39 is 0 Å². The number of fused-ring (bicyclic) bond motifs is 2. The van der Waals surface area contributed by atoms with Gasteiger partial charge in [0.2, 0.25) is 5.91 Å². The van der Waals surface area contributed by atoms with Gasteiger partial charge in [-0.05, 0) is 42.8 Å². The number of thiophene rings is 1. The maximum atomic E-state index is 12.9. The molecule has 26 heavy (non-hydrogen) atoms. The minimum Gasteiger partial charge on any atom is -0.309 e. The van der Waals surface area contributed by atoms with E-state index in [1.165, 1.54) is 33.2 Å². The predicted octanol–water partition coefficient (Wildman–Crippen LogP) is 3.46. The Morgan fingerprint density at radius 1 is 1.35 bits per heavy atom. The van der Waals surface area contributed by atoms with Crippen molar-refractivity contribution in [1.82, 2.24) is 9.55 Å². The van der Waals surface area contributed by atoms with Gasteiger partial charge in [0.25, 0.3) is 5.56 Å². The van der Waals surface area contributed by atoms with E-state index in [0.29, 0.717) is 10.5 Å². The second-order valence-electron chi connectivity index (χ2n) is 6.47. The smallest absolute Gasteiger partial charge is 0.262 e. The number of nitrogens with zero attached hydrogens (tertiary/aromatic N) is 3. The maximum absolute atomic E-state index is 12.9. The molecule has 1 atom stereocenters. The molecule has 0 N–H and O–H groups in total. The molecule has 1 aliphatic rings. The third-order valence-corrected chi connectivity index (χ3v) is 6.60. The molecule has 0 aliphatic carbocycles. The molecule has 0 fully saturated rings. The zero-order valence-corrected chi connectivity index (χ0v) is 16.3. The molecular formula is C19H19N3O2S2. The van der Waals surface area contributed by atoms with E-state index in [2.05, 4.69) is 18.0 Å². The molecule has 0 saturated heterocycles. The number of thioether (sulfide) groups is 1. The first kappa shape index (κ1) is 17.3. The van der Waals surface area contributed by atoms with Crippen LogP contribution in [-0.4, -0.2) is 27.3 Å². The first-order chi connectivity index (χ1) is 12.6. The van der Waals surface area contributed by atoms with Crippen molar-refractivity contribution in [2.45, 2.75) is 31.0 Å². The van der Waals surface area contributed by atoms with Crippen molar-refractivity contribution in [1.29, 1.82) is 0 Å². The lowest BCUT2D eigenvalue weighted by atomic mass is 9.97. The lowest BCUT2D eigenvalue weighted by Crippen LogP contribution is -2.43. The quantitative estimate of drug-likeness (QED) is 0.512. The molecule has 1 aromatic carbocycles. The van der Waals surface area contributed by atoms with E-state index in [0.717, 1.165) is 23.4 Å². The van der Waals surface area contributed by atoms with Crippen LogP contribution >= 0.6 is 23.1 Å². The number of carbonyl (C=O) groups is 1. The van der Waals surface area contributed by atoms with Crippen molar-refractivity contribution < 1.29 is 4.79 Å². The van der Waals surface area contributed by atoms with Crippen LogP contribution < -0.4 is 10.5 Å². The van der Waals surface area contributed by atoms with Gasteiger partial charge in [-0.1, -0.05) is 30.0 Å². The summed E-state index contributed by atoms with van der Waals surface area (Å²) < 4.78 is 1.53. The van der Waals surface area contributed by atoms with Crippen molar-refractivity contribution in [3.8, 4) is 0 Å². The topological polar surface area (TPSA) is 55.2 Å². The molecule has 2 aromatic heterocycles. The van der Waals surface area contributed by atoms with Gasteiger partial charge in [0, 0.05) is 18.8 Å². The van der Waals surface area contributed by atoms with E-state index in [1.54, 1.807) is 13.1 Å². The van der Waals surface area contributed by atoms with Gasteiger partial charge in [-0.25, -0.2) is 4.98 Å². The first-order valence-corrected chi connectivity index (χ1v) is 10.4. The highest BCUT2D eigenvalue weighted by Crippen LogP contribution is 2.31. The molecule has 1 amide bonds. The second kappa shape index (κ2) is 6.89. The molecule has 4 rings (SSSR count). The monoisotopic (exact) mass is 385 g/mol. The van der Waals surface area contributed by atoms with Crippen molar-refractivity contribution in [3.05, 3.63) is 51.6 Å². The largest absolute Gasteiger partial charge is 0.309 e. The summed E-state index contributed by atoms with van der Waals surface area (Å²) in [6, 6.07) is 10.1. The number of anilines is 1. The number of aryl methyl sites for hydroxylation is 1. The van der Waals surface area contributed by atoms with Crippen LogP contribution in [0, 0.1) is 0 Å². The standard InChI is InChI=1S/C19H19N3O2S2/c1-12-7-8-13-5-3-4-6-15(13)22(12)16(23)11-26-19-20-17-14(9-10-25-17)18(24)21(19)2/h3-6,9-10,12H,7-8,11H2,1-2H3/t12-/m0/s1. The van der Waals surface area contributed by atoms with Crippen molar-refractivity contribution >= 4 is 44.9 Å². The zero-order chi connectivity index (χ0) is 18.3. The maximum Gasteiger partial charge on any atom is 0.262 e. The van der Waals surface area contributed by atoms with Gasteiger partial charge in [0.05, 0.1) is 11.1 Å². The number of hydrogen-bond acceptors (Lipinski definition) is 5. The summed E-state index contributed by atoms with van der Waals surface area (Å²) in [6.07, 6.45) is 1.96. The van der Waals surface area contributed by atoms with Gasteiger partial charge in [-0.15, -0.1) is 11.3 Å². The molecule has 3 heterocycles. The Morgan fingerprint density at radius 2 is 2.15 bits per heavy atom. The van der Waals surface area contributed by atoms with Gasteiger partial charge in [0.1, 0.15) is 4.83 Å². The number of hydrogen-bond donors (Lipinski definition) is 0. The van der Waals surface area contributed by atoms with Gasteiger partial charge in [-0.3, -0.25) is 14.2 Å².